The van der Waals surface area contributed by atoms with Crippen molar-refractivity contribution in [1.29, 1.82) is 0 Å². The van der Waals surface area contributed by atoms with Crippen molar-refractivity contribution in [2.45, 2.75) is 26.3 Å². The lowest BCUT2D eigenvalue weighted by Crippen LogP contribution is -2.32. The molecule has 0 aliphatic rings. The molecule has 1 aromatic carbocycles. The van der Waals surface area contributed by atoms with Gasteiger partial charge < -0.3 is 25.5 Å². The summed E-state index contributed by atoms with van der Waals surface area (Å²) < 4.78 is 30.0. The maximum Gasteiger partial charge on any atom is 0.284 e. The summed E-state index contributed by atoms with van der Waals surface area (Å²) in [5.74, 6) is 1.52. The molecule has 10 nitrogen and oxygen atoms in total. The Morgan fingerprint density at radius 3 is 2.55 bits per heavy atom. The van der Waals surface area contributed by atoms with Gasteiger partial charge in [-0.15, -0.1) is 4.40 Å². The van der Waals surface area contributed by atoms with Crippen molar-refractivity contribution in [3.8, 4) is 5.75 Å². The van der Waals surface area contributed by atoms with Gasteiger partial charge >= 0.3 is 0 Å². The Morgan fingerprint density at radius 2 is 2.03 bits per heavy atom. The molecule has 1 heterocycles. The molecule has 168 valence electrons. The Morgan fingerprint density at radius 1 is 1.32 bits per heavy atom. The number of nitrogens with one attached hydrogen (secondary N) is 1. The van der Waals surface area contributed by atoms with E-state index in [1.807, 2.05) is 19.9 Å². The minimum Gasteiger partial charge on any atom is -0.505 e. The van der Waals surface area contributed by atoms with Gasteiger partial charge in [0.25, 0.3) is 11.3 Å². The molecule has 1 aromatic heterocycles. The summed E-state index contributed by atoms with van der Waals surface area (Å²) >= 11 is -2.55. The molecule has 0 bridgehead atoms. The molecule has 5 N–H and O–H groups in total. The summed E-state index contributed by atoms with van der Waals surface area (Å²) in [6, 6.07) is 8.21. The molecule has 0 radical (unpaired) electrons. The second kappa shape index (κ2) is 10.7. The van der Waals surface area contributed by atoms with Crippen molar-refractivity contribution in [3.63, 3.8) is 0 Å². The highest BCUT2D eigenvalue weighted by atomic mass is 32.2. The van der Waals surface area contributed by atoms with Crippen molar-refractivity contribution in [2.75, 3.05) is 26.5 Å². The average Bonchev–Trinajstić information content (AvgIpc) is 3.14. The number of phenols is 1. The number of rotatable bonds is 6. The van der Waals surface area contributed by atoms with Crippen molar-refractivity contribution in [2.24, 2.45) is 20.1 Å². The van der Waals surface area contributed by atoms with Crippen LogP contribution in [0.5, 0.6) is 5.75 Å². The van der Waals surface area contributed by atoms with Gasteiger partial charge in [0.05, 0.1) is 11.3 Å². The van der Waals surface area contributed by atoms with Gasteiger partial charge in [-0.25, -0.2) is 4.21 Å². The van der Waals surface area contributed by atoms with Crippen molar-refractivity contribution < 1.29 is 18.3 Å². The Bertz CT molecular complexity index is 1030. The molecule has 11 heteroatoms. The lowest BCUT2D eigenvalue weighted by atomic mass is 10.1. The first-order chi connectivity index (χ1) is 14.7. The topological polar surface area (TPSA) is 149 Å². The number of phenolic OH excluding ortho intramolecular Hbond substituents is 1. The fourth-order valence-electron chi connectivity index (χ4n) is 2.94. The van der Waals surface area contributed by atoms with Crippen LogP contribution in [0.2, 0.25) is 0 Å². The summed E-state index contributed by atoms with van der Waals surface area (Å²) in [5.41, 5.74) is 6.81. The van der Waals surface area contributed by atoms with E-state index in [2.05, 4.69) is 19.7 Å². The van der Waals surface area contributed by atoms with Crippen LogP contribution in [0.3, 0.4) is 0 Å². The normalized spacial score (nSPS) is 15.0. The minimum atomic E-state index is -2.55. The maximum absolute atomic E-state index is 11.4. The molecule has 0 aliphatic carbocycles. The second-order valence-corrected chi connectivity index (χ2v) is 7.47. The number of furan rings is 1. The third-order valence-electron chi connectivity index (χ3n) is 4.35. The summed E-state index contributed by atoms with van der Waals surface area (Å²) in [6.07, 6.45) is 0.586. The van der Waals surface area contributed by atoms with Gasteiger partial charge in [0, 0.05) is 21.1 Å². The van der Waals surface area contributed by atoms with E-state index in [0.717, 1.165) is 5.76 Å². The average molecular weight is 449 g/mol. The first-order valence-electron chi connectivity index (χ1n) is 9.51. The number of hydrogen-bond acceptors (Lipinski definition) is 5. The molecular weight excluding hydrogens is 420 g/mol. The highest BCUT2D eigenvalue weighted by Crippen LogP contribution is 2.29. The Hall–Kier alpha value is -3.18. The van der Waals surface area contributed by atoms with Crippen LogP contribution in [0, 0.1) is 6.92 Å². The van der Waals surface area contributed by atoms with E-state index in [9.17, 15) is 13.9 Å². The molecule has 2 aromatic rings. The monoisotopic (exact) mass is 448 g/mol. The molecule has 0 spiro atoms. The van der Waals surface area contributed by atoms with E-state index in [1.54, 1.807) is 50.3 Å². The van der Waals surface area contributed by atoms with Crippen LogP contribution in [0.15, 0.2) is 49.1 Å². The van der Waals surface area contributed by atoms with Gasteiger partial charge in [0.1, 0.15) is 29.1 Å². The number of para-hydroxylation sites is 1. The predicted molar refractivity (Wildman–Crippen MR) is 124 cm³/mol. The number of benzene rings is 1. The fraction of sp³-hybridized carbons (Fsp3) is 0.350. The second-order valence-electron chi connectivity index (χ2n) is 6.83. The Kier molecular flexibility index (Phi) is 8.34. The lowest BCUT2D eigenvalue weighted by molar-refractivity contribution is 0.442. The number of hydrogen-bond donors (Lipinski definition) is 4. The van der Waals surface area contributed by atoms with E-state index < -0.39 is 17.3 Å². The molecule has 0 saturated heterocycles. The van der Waals surface area contributed by atoms with E-state index in [-0.39, 0.29) is 23.1 Å². The number of nitrogens with zero attached hydrogens (tertiary/aromatic N) is 4. The van der Waals surface area contributed by atoms with Crippen molar-refractivity contribution >= 4 is 34.5 Å². The summed E-state index contributed by atoms with van der Waals surface area (Å²) in [7, 11) is 5.22. The number of aryl methyl sites for hydroxylation is 1. The highest BCUT2D eigenvalue weighted by molar-refractivity contribution is 7.78. The number of amidine groups is 3. The smallest absolute Gasteiger partial charge is 0.284 e. The zero-order valence-corrected chi connectivity index (χ0v) is 19.0. The Labute approximate surface area is 184 Å². The fourth-order valence-corrected chi connectivity index (χ4v) is 3.24. The van der Waals surface area contributed by atoms with Crippen LogP contribution in [0.4, 0.5) is 5.69 Å². The van der Waals surface area contributed by atoms with Gasteiger partial charge in [0.15, 0.2) is 11.7 Å². The van der Waals surface area contributed by atoms with E-state index in [1.165, 1.54) is 0 Å². The lowest BCUT2D eigenvalue weighted by Gasteiger charge is -2.19. The van der Waals surface area contributed by atoms with Crippen LogP contribution in [0.1, 0.15) is 36.5 Å². The quantitative estimate of drug-likeness (QED) is 0.230. The molecule has 0 saturated carbocycles. The van der Waals surface area contributed by atoms with Crippen LogP contribution >= 0.6 is 0 Å². The molecule has 2 atom stereocenters. The summed E-state index contributed by atoms with van der Waals surface area (Å²) in [4.78, 5) is 10.3. The molecule has 31 heavy (non-hydrogen) atoms. The van der Waals surface area contributed by atoms with Crippen LogP contribution in [0.25, 0.3) is 0 Å². The number of aromatic hydroxyl groups is 1. The molecule has 1 unspecified atom stereocenters. The third kappa shape index (κ3) is 6.15. The predicted octanol–water partition coefficient (Wildman–Crippen LogP) is 2.69. The standard InChI is InChI=1S/C20H28N6O4S/c1-6-14(16-11-10-12(2)30-16)23-18(21)19(25-31(28)29)24-15-9-7-8-13(17(15)27)20(22-3)26(4)5/h7-11,14,27H,6H2,1-5H3,(H2,21,23)(H,24,25)(H,28,29)/t14-/m1/s1. The van der Waals surface area contributed by atoms with Crippen LogP contribution in [-0.2, 0) is 11.3 Å². The number of aliphatic imine (C=N–C) groups is 2. The molecule has 0 amide bonds. The third-order valence-corrected chi connectivity index (χ3v) is 4.69. The largest absolute Gasteiger partial charge is 0.505 e. The van der Waals surface area contributed by atoms with Gasteiger partial charge in [-0.05, 0) is 37.6 Å². The van der Waals surface area contributed by atoms with Crippen molar-refractivity contribution in [3.05, 3.63) is 47.4 Å². The molecule has 0 aliphatic heterocycles. The first-order valence-corrected chi connectivity index (χ1v) is 10.6. The molecule has 2 rings (SSSR count). The zero-order valence-electron chi connectivity index (χ0n) is 18.2. The minimum absolute atomic E-state index is 0.106. The van der Waals surface area contributed by atoms with E-state index in [0.29, 0.717) is 23.6 Å². The van der Waals surface area contributed by atoms with E-state index in [4.69, 9.17) is 10.2 Å². The van der Waals surface area contributed by atoms with Gasteiger partial charge in [0.2, 0.25) is 0 Å². The molecule has 0 fully saturated rings. The van der Waals surface area contributed by atoms with Gasteiger partial charge in [-0.1, -0.05) is 13.0 Å². The SMILES string of the molecule is CC[C@@H](N=C(N)C(=NS(=O)O)Nc1cccc(C(=NC)N(C)C)c1O)c1ccc(C)o1. The van der Waals surface area contributed by atoms with Crippen LogP contribution in [-0.4, -0.2) is 57.4 Å². The number of nitrogens with two attached hydrogens (primary N) is 1. The maximum atomic E-state index is 11.4. The summed E-state index contributed by atoms with van der Waals surface area (Å²) in [5, 5.41) is 13.6. The highest BCUT2D eigenvalue weighted by Gasteiger charge is 2.19. The molecular formula is C20H28N6O4S. The summed E-state index contributed by atoms with van der Waals surface area (Å²) in [6.45, 7) is 3.74. The van der Waals surface area contributed by atoms with Gasteiger partial charge in [-0.3, -0.25) is 14.5 Å². The van der Waals surface area contributed by atoms with Crippen LogP contribution < -0.4 is 11.1 Å². The van der Waals surface area contributed by atoms with Crippen molar-refractivity contribution in [1.82, 2.24) is 4.90 Å². The Balaban J connectivity index is 2.44. The van der Waals surface area contributed by atoms with E-state index >= 15 is 0 Å². The first kappa shape index (κ1) is 24.1. The van der Waals surface area contributed by atoms with Gasteiger partial charge in [-0.2, -0.15) is 0 Å². The number of anilines is 1. The zero-order chi connectivity index (χ0) is 23.1.